The van der Waals surface area contributed by atoms with Crippen molar-refractivity contribution in [1.82, 2.24) is 20.0 Å². The van der Waals surface area contributed by atoms with E-state index in [1.54, 1.807) is 0 Å². The number of rotatable bonds is 6. The molecule has 0 aromatic carbocycles. The van der Waals surface area contributed by atoms with Crippen LogP contribution >= 0.6 is 0 Å². The van der Waals surface area contributed by atoms with E-state index in [2.05, 4.69) is 49.2 Å². The molecule has 0 amide bonds. The molecule has 1 N–H and O–H groups in total. The van der Waals surface area contributed by atoms with E-state index in [1.807, 2.05) is 11.7 Å². The molecule has 1 saturated heterocycles. The molecule has 1 aromatic rings. The predicted molar refractivity (Wildman–Crippen MR) is 83.8 cm³/mol. The molecule has 4 heteroatoms. The summed E-state index contributed by atoms with van der Waals surface area (Å²) in [6, 6.07) is 1.02. The minimum absolute atomic E-state index is 0.368. The van der Waals surface area contributed by atoms with E-state index in [-0.39, 0.29) is 0 Å². The lowest BCUT2D eigenvalue weighted by atomic mass is 10.0. The maximum atomic E-state index is 4.44. The Balaban J connectivity index is 1.93. The fourth-order valence-corrected chi connectivity index (χ4v) is 3.31. The number of hydrogen-bond donors (Lipinski definition) is 1. The van der Waals surface area contributed by atoms with Gasteiger partial charge in [0.05, 0.1) is 5.69 Å². The standard InChI is InChI=1S/C16H30N4/c1-12(2)16(20-8-6-7-9-20)10-17-13(3)15-11-19(5)18-14(15)4/h11-13,16-17H,6-10H2,1-5H3. The zero-order chi connectivity index (χ0) is 14.7. The summed E-state index contributed by atoms with van der Waals surface area (Å²) in [6.07, 6.45) is 4.86. The summed E-state index contributed by atoms with van der Waals surface area (Å²) in [5.74, 6) is 0.697. The molecule has 2 heterocycles. The minimum atomic E-state index is 0.368. The SMILES string of the molecule is Cc1nn(C)cc1C(C)NCC(C(C)C)N1CCCC1. The molecule has 114 valence electrons. The van der Waals surface area contributed by atoms with Gasteiger partial charge in [-0.3, -0.25) is 9.58 Å². The summed E-state index contributed by atoms with van der Waals surface area (Å²) in [6.45, 7) is 12.6. The Morgan fingerprint density at radius 1 is 1.25 bits per heavy atom. The highest BCUT2D eigenvalue weighted by molar-refractivity contribution is 5.19. The van der Waals surface area contributed by atoms with Crippen molar-refractivity contribution in [3.63, 3.8) is 0 Å². The maximum Gasteiger partial charge on any atom is 0.0641 e. The van der Waals surface area contributed by atoms with Gasteiger partial charge in [-0.15, -0.1) is 0 Å². The van der Waals surface area contributed by atoms with Crippen LogP contribution in [0, 0.1) is 12.8 Å². The van der Waals surface area contributed by atoms with Crippen LogP contribution in [0.15, 0.2) is 6.20 Å². The van der Waals surface area contributed by atoms with Crippen LogP contribution in [0.1, 0.15) is 50.9 Å². The van der Waals surface area contributed by atoms with E-state index >= 15 is 0 Å². The highest BCUT2D eigenvalue weighted by atomic mass is 15.3. The first kappa shape index (κ1) is 15.5. The molecule has 1 aromatic heterocycles. The van der Waals surface area contributed by atoms with E-state index in [4.69, 9.17) is 0 Å². The molecule has 0 spiro atoms. The van der Waals surface area contributed by atoms with Gasteiger partial charge in [0.2, 0.25) is 0 Å². The van der Waals surface area contributed by atoms with Gasteiger partial charge >= 0.3 is 0 Å². The van der Waals surface area contributed by atoms with Crippen LogP contribution in [0.25, 0.3) is 0 Å². The van der Waals surface area contributed by atoms with Gasteiger partial charge in [-0.05, 0) is 45.7 Å². The molecule has 0 saturated carbocycles. The van der Waals surface area contributed by atoms with Crippen molar-refractivity contribution in [1.29, 1.82) is 0 Å². The lowest BCUT2D eigenvalue weighted by Crippen LogP contribution is -2.44. The van der Waals surface area contributed by atoms with Crippen LogP contribution in [0.2, 0.25) is 0 Å². The van der Waals surface area contributed by atoms with Crippen LogP contribution in [-0.4, -0.2) is 40.4 Å². The number of hydrogen-bond acceptors (Lipinski definition) is 3. The maximum absolute atomic E-state index is 4.44. The van der Waals surface area contributed by atoms with Crippen molar-refractivity contribution < 1.29 is 0 Å². The molecule has 2 atom stereocenters. The van der Waals surface area contributed by atoms with Gasteiger partial charge in [-0.1, -0.05) is 13.8 Å². The number of nitrogens with one attached hydrogen (secondary N) is 1. The molecule has 2 unspecified atom stereocenters. The van der Waals surface area contributed by atoms with Crippen molar-refractivity contribution in [3.05, 3.63) is 17.5 Å². The van der Waals surface area contributed by atoms with Gasteiger partial charge in [0, 0.05) is 37.4 Å². The summed E-state index contributed by atoms with van der Waals surface area (Å²) >= 11 is 0. The van der Waals surface area contributed by atoms with E-state index in [0.717, 1.165) is 12.2 Å². The average molecular weight is 278 g/mol. The predicted octanol–water partition coefficient (Wildman–Crippen LogP) is 2.50. The first-order valence-corrected chi connectivity index (χ1v) is 7.96. The van der Waals surface area contributed by atoms with Crippen molar-refractivity contribution in [2.75, 3.05) is 19.6 Å². The number of likely N-dealkylation sites (tertiary alicyclic amines) is 1. The van der Waals surface area contributed by atoms with Crippen LogP contribution in [-0.2, 0) is 7.05 Å². The quantitative estimate of drug-likeness (QED) is 0.868. The Hall–Kier alpha value is -0.870. The van der Waals surface area contributed by atoms with Crippen LogP contribution in [0.3, 0.4) is 0 Å². The molecular formula is C16H30N4. The van der Waals surface area contributed by atoms with E-state index in [1.165, 1.54) is 31.5 Å². The Bertz CT molecular complexity index is 418. The Kier molecular flexibility index (Phi) is 5.22. The Morgan fingerprint density at radius 2 is 1.90 bits per heavy atom. The van der Waals surface area contributed by atoms with E-state index < -0.39 is 0 Å². The lowest BCUT2D eigenvalue weighted by Gasteiger charge is -2.32. The molecule has 2 rings (SSSR count). The van der Waals surface area contributed by atoms with E-state index in [0.29, 0.717) is 18.0 Å². The van der Waals surface area contributed by atoms with Crippen molar-refractivity contribution in [2.24, 2.45) is 13.0 Å². The first-order chi connectivity index (χ1) is 9.49. The summed E-state index contributed by atoms with van der Waals surface area (Å²) < 4.78 is 1.91. The third kappa shape index (κ3) is 3.61. The van der Waals surface area contributed by atoms with Gasteiger partial charge in [0.1, 0.15) is 0 Å². The van der Waals surface area contributed by atoms with Crippen molar-refractivity contribution >= 4 is 0 Å². The van der Waals surface area contributed by atoms with Gasteiger partial charge < -0.3 is 5.32 Å². The number of nitrogens with zero attached hydrogens (tertiary/aromatic N) is 3. The highest BCUT2D eigenvalue weighted by Gasteiger charge is 2.25. The fraction of sp³-hybridized carbons (Fsp3) is 0.812. The number of aryl methyl sites for hydroxylation is 2. The zero-order valence-electron chi connectivity index (χ0n) is 13.7. The molecule has 1 aliphatic rings. The van der Waals surface area contributed by atoms with Crippen LogP contribution < -0.4 is 5.32 Å². The van der Waals surface area contributed by atoms with Gasteiger partial charge in [0.25, 0.3) is 0 Å². The third-order valence-electron chi connectivity index (χ3n) is 4.53. The summed E-state index contributed by atoms with van der Waals surface area (Å²) in [5.41, 5.74) is 2.45. The van der Waals surface area contributed by atoms with Crippen molar-refractivity contribution in [3.8, 4) is 0 Å². The molecule has 1 fully saturated rings. The van der Waals surface area contributed by atoms with Crippen molar-refractivity contribution in [2.45, 2.75) is 52.6 Å². The van der Waals surface area contributed by atoms with Crippen LogP contribution in [0.4, 0.5) is 0 Å². The third-order valence-corrected chi connectivity index (χ3v) is 4.53. The molecule has 20 heavy (non-hydrogen) atoms. The normalized spacial score (nSPS) is 19.7. The summed E-state index contributed by atoms with van der Waals surface area (Å²) in [7, 11) is 1.99. The second-order valence-electron chi connectivity index (χ2n) is 6.53. The van der Waals surface area contributed by atoms with Gasteiger partial charge in [-0.2, -0.15) is 5.10 Å². The second-order valence-corrected chi connectivity index (χ2v) is 6.53. The monoisotopic (exact) mass is 278 g/mol. The molecule has 4 nitrogen and oxygen atoms in total. The zero-order valence-corrected chi connectivity index (χ0v) is 13.7. The smallest absolute Gasteiger partial charge is 0.0641 e. The van der Waals surface area contributed by atoms with Gasteiger partial charge in [-0.25, -0.2) is 0 Å². The summed E-state index contributed by atoms with van der Waals surface area (Å²) in [4.78, 5) is 2.65. The second kappa shape index (κ2) is 6.72. The van der Waals surface area contributed by atoms with E-state index in [9.17, 15) is 0 Å². The fourth-order valence-electron chi connectivity index (χ4n) is 3.31. The molecule has 0 aliphatic carbocycles. The Morgan fingerprint density at radius 3 is 2.40 bits per heavy atom. The first-order valence-electron chi connectivity index (χ1n) is 7.96. The largest absolute Gasteiger partial charge is 0.309 e. The molecule has 0 radical (unpaired) electrons. The topological polar surface area (TPSA) is 33.1 Å². The summed E-state index contributed by atoms with van der Waals surface area (Å²) in [5, 5.41) is 8.15. The average Bonchev–Trinajstić information content (AvgIpc) is 2.99. The lowest BCUT2D eigenvalue weighted by molar-refractivity contribution is 0.183. The Labute approximate surface area is 123 Å². The molecular weight excluding hydrogens is 248 g/mol. The number of aromatic nitrogens is 2. The van der Waals surface area contributed by atoms with Gasteiger partial charge in [0.15, 0.2) is 0 Å². The highest BCUT2D eigenvalue weighted by Crippen LogP contribution is 2.20. The van der Waals surface area contributed by atoms with Crippen LogP contribution in [0.5, 0.6) is 0 Å². The molecule has 1 aliphatic heterocycles. The molecule has 0 bridgehead atoms. The minimum Gasteiger partial charge on any atom is -0.309 e.